The Bertz CT molecular complexity index is 1340. The smallest absolute Gasteiger partial charge is 0.261 e. The SMILES string of the molecule is Cc1cc(C#N)cc2[nH]c(-c3c(NCC(O)c4cccc(Cl)c4)cc[nH]c3=O)nc12. The molecule has 0 aliphatic rings. The first-order valence-corrected chi connectivity index (χ1v) is 9.64. The zero-order chi connectivity index (χ0) is 21.3. The van der Waals surface area contributed by atoms with Gasteiger partial charge in [-0.2, -0.15) is 5.26 Å². The van der Waals surface area contributed by atoms with Gasteiger partial charge in [0.1, 0.15) is 11.4 Å². The van der Waals surface area contributed by atoms with Crippen LogP contribution in [0.1, 0.15) is 22.8 Å². The normalized spacial score (nSPS) is 11.9. The Morgan fingerprint density at radius 3 is 2.90 bits per heavy atom. The van der Waals surface area contributed by atoms with Gasteiger partial charge in [0.05, 0.1) is 34.5 Å². The van der Waals surface area contributed by atoms with Crippen molar-refractivity contribution in [2.75, 3.05) is 11.9 Å². The highest BCUT2D eigenvalue weighted by molar-refractivity contribution is 6.30. The third-order valence-corrected chi connectivity index (χ3v) is 5.06. The molecule has 0 fully saturated rings. The maximum atomic E-state index is 12.6. The van der Waals surface area contributed by atoms with E-state index in [9.17, 15) is 15.2 Å². The molecule has 2 heterocycles. The van der Waals surface area contributed by atoms with Crippen molar-refractivity contribution < 1.29 is 5.11 Å². The summed E-state index contributed by atoms with van der Waals surface area (Å²) in [5.41, 5.74) is 3.91. The van der Waals surface area contributed by atoms with E-state index in [1.54, 1.807) is 42.5 Å². The topological polar surface area (TPSA) is 118 Å². The van der Waals surface area contributed by atoms with Gasteiger partial charge in [-0.15, -0.1) is 0 Å². The average Bonchev–Trinajstić information content (AvgIpc) is 3.16. The second-order valence-electron chi connectivity index (χ2n) is 6.93. The number of hydrogen-bond acceptors (Lipinski definition) is 5. The van der Waals surface area contributed by atoms with Crippen molar-refractivity contribution in [1.82, 2.24) is 15.0 Å². The molecule has 0 saturated heterocycles. The minimum absolute atomic E-state index is 0.175. The number of anilines is 1. The molecular formula is C22H18ClN5O2. The summed E-state index contributed by atoms with van der Waals surface area (Å²) in [6, 6.07) is 14.3. The molecule has 4 rings (SSSR count). The molecule has 1 atom stereocenters. The zero-order valence-corrected chi connectivity index (χ0v) is 16.8. The number of aliphatic hydroxyl groups excluding tert-OH is 1. The zero-order valence-electron chi connectivity index (χ0n) is 16.0. The molecule has 30 heavy (non-hydrogen) atoms. The summed E-state index contributed by atoms with van der Waals surface area (Å²) in [5, 5.41) is 23.3. The fraction of sp³-hybridized carbons (Fsp3) is 0.136. The number of aliphatic hydroxyl groups is 1. The van der Waals surface area contributed by atoms with Gasteiger partial charge in [0, 0.05) is 17.8 Å². The van der Waals surface area contributed by atoms with Crippen molar-refractivity contribution in [2.45, 2.75) is 13.0 Å². The van der Waals surface area contributed by atoms with Gasteiger partial charge >= 0.3 is 0 Å². The molecule has 0 amide bonds. The number of aromatic amines is 2. The molecule has 1 unspecified atom stereocenters. The lowest BCUT2D eigenvalue weighted by molar-refractivity contribution is 0.191. The molecule has 0 bridgehead atoms. The van der Waals surface area contributed by atoms with E-state index in [0.717, 1.165) is 5.56 Å². The lowest BCUT2D eigenvalue weighted by Crippen LogP contribution is -2.17. The number of nitrogens with one attached hydrogen (secondary N) is 3. The third-order valence-electron chi connectivity index (χ3n) is 4.82. The van der Waals surface area contributed by atoms with Gasteiger partial charge < -0.3 is 20.4 Å². The van der Waals surface area contributed by atoms with E-state index < -0.39 is 6.10 Å². The second-order valence-corrected chi connectivity index (χ2v) is 7.37. The van der Waals surface area contributed by atoms with Crippen LogP contribution in [0, 0.1) is 18.3 Å². The number of fused-ring (bicyclic) bond motifs is 1. The summed E-state index contributed by atoms with van der Waals surface area (Å²) in [7, 11) is 0. The number of rotatable bonds is 5. The van der Waals surface area contributed by atoms with Crippen molar-refractivity contribution in [3.05, 3.63) is 80.7 Å². The molecule has 2 aromatic heterocycles. The Morgan fingerprint density at radius 2 is 2.13 bits per heavy atom. The monoisotopic (exact) mass is 419 g/mol. The summed E-state index contributed by atoms with van der Waals surface area (Å²) in [5.74, 6) is 0.379. The van der Waals surface area contributed by atoms with E-state index in [1.165, 1.54) is 6.20 Å². The average molecular weight is 420 g/mol. The molecule has 0 spiro atoms. The standard InChI is InChI=1S/C22H18ClN5O2/c1-12-7-13(10-24)8-17-20(12)28-21(27-17)19-16(5-6-25-22(19)30)26-11-18(29)14-3-2-4-15(23)9-14/h2-9,18,29H,11H2,1H3,(H,27,28)(H2,25,26,30). The third kappa shape index (κ3) is 3.79. The molecule has 4 aromatic rings. The van der Waals surface area contributed by atoms with E-state index in [4.69, 9.17) is 11.6 Å². The van der Waals surface area contributed by atoms with Crippen LogP contribution in [-0.4, -0.2) is 26.6 Å². The van der Waals surface area contributed by atoms with Crippen LogP contribution in [-0.2, 0) is 0 Å². The maximum Gasteiger partial charge on any atom is 0.261 e. The maximum absolute atomic E-state index is 12.6. The van der Waals surface area contributed by atoms with Crippen LogP contribution in [0.3, 0.4) is 0 Å². The van der Waals surface area contributed by atoms with Gasteiger partial charge in [-0.25, -0.2) is 4.98 Å². The summed E-state index contributed by atoms with van der Waals surface area (Å²) >= 11 is 6.00. The fourth-order valence-electron chi connectivity index (χ4n) is 3.37. The molecule has 8 heteroatoms. The molecule has 2 aromatic carbocycles. The van der Waals surface area contributed by atoms with E-state index in [0.29, 0.717) is 44.3 Å². The number of aryl methyl sites for hydroxylation is 1. The minimum Gasteiger partial charge on any atom is -0.387 e. The van der Waals surface area contributed by atoms with Gasteiger partial charge in [0.2, 0.25) is 0 Å². The Hall–Kier alpha value is -3.60. The van der Waals surface area contributed by atoms with Crippen molar-refractivity contribution in [3.63, 3.8) is 0 Å². The first kappa shape index (κ1) is 19.7. The predicted octanol–water partition coefficient (Wildman–Crippen LogP) is 3.90. The number of imidazole rings is 1. The molecule has 0 aliphatic carbocycles. The number of pyridine rings is 1. The van der Waals surface area contributed by atoms with E-state index in [2.05, 4.69) is 26.3 Å². The Balaban J connectivity index is 1.69. The number of benzene rings is 2. The fourth-order valence-corrected chi connectivity index (χ4v) is 3.57. The predicted molar refractivity (Wildman–Crippen MR) is 117 cm³/mol. The van der Waals surface area contributed by atoms with Crippen molar-refractivity contribution in [3.8, 4) is 17.5 Å². The van der Waals surface area contributed by atoms with Crippen LogP contribution < -0.4 is 10.9 Å². The number of nitrogens with zero attached hydrogens (tertiary/aromatic N) is 2. The molecule has 150 valence electrons. The van der Waals surface area contributed by atoms with Crippen LogP contribution in [0.25, 0.3) is 22.4 Å². The minimum atomic E-state index is -0.813. The van der Waals surface area contributed by atoms with Gasteiger partial charge in [0.25, 0.3) is 5.56 Å². The highest BCUT2D eigenvalue weighted by Crippen LogP contribution is 2.27. The van der Waals surface area contributed by atoms with Crippen LogP contribution in [0.15, 0.2) is 53.5 Å². The van der Waals surface area contributed by atoms with E-state index in [-0.39, 0.29) is 12.1 Å². The summed E-state index contributed by atoms with van der Waals surface area (Å²) in [6.45, 7) is 2.04. The lowest BCUT2D eigenvalue weighted by Gasteiger charge is -2.15. The number of hydrogen-bond donors (Lipinski definition) is 4. The van der Waals surface area contributed by atoms with Crippen LogP contribution in [0.5, 0.6) is 0 Å². The van der Waals surface area contributed by atoms with Gasteiger partial charge in [-0.3, -0.25) is 4.79 Å². The van der Waals surface area contributed by atoms with Gasteiger partial charge in [-0.1, -0.05) is 23.7 Å². The molecule has 7 nitrogen and oxygen atoms in total. The van der Waals surface area contributed by atoms with Gasteiger partial charge in [-0.05, 0) is 48.4 Å². The Labute approximate surface area is 177 Å². The van der Waals surface area contributed by atoms with E-state index in [1.807, 2.05) is 6.92 Å². The molecule has 0 aliphatic heterocycles. The Kier molecular flexibility index (Phi) is 5.27. The Morgan fingerprint density at radius 1 is 1.30 bits per heavy atom. The molecule has 0 saturated carbocycles. The molecule has 0 radical (unpaired) electrons. The number of aromatic nitrogens is 3. The van der Waals surface area contributed by atoms with E-state index >= 15 is 0 Å². The summed E-state index contributed by atoms with van der Waals surface area (Å²) < 4.78 is 0. The van der Waals surface area contributed by atoms with Crippen LogP contribution in [0.2, 0.25) is 5.02 Å². The first-order chi connectivity index (χ1) is 14.5. The molecular weight excluding hydrogens is 402 g/mol. The van der Waals surface area contributed by atoms with Crippen molar-refractivity contribution in [2.24, 2.45) is 0 Å². The van der Waals surface area contributed by atoms with Crippen LogP contribution >= 0.6 is 11.6 Å². The second kappa shape index (κ2) is 8.03. The number of nitriles is 1. The van der Waals surface area contributed by atoms with Gasteiger partial charge in [0.15, 0.2) is 0 Å². The number of halogens is 1. The summed E-state index contributed by atoms with van der Waals surface area (Å²) in [6.07, 6.45) is 0.716. The lowest BCUT2D eigenvalue weighted by atomic mass is 10.1. The summed E-state index contributed by atoms with van der Waals surface area (Å²) in [4.78, 5) is 23.0. The van der Waals surface area contributed by atoms with Crippen molar-refractivity contribution in [1.29, 1.82) is 5.26 Å². The highest BCUT2D eigenvalue weighted by atomic mass is 35.5. The highest BCUT2D eigenvalue weighted by Gasteiger charge is 2.17. The first-order valence-electron chi connectivity index (χ1n) is 9.26. The quantitative estimate of drug-likeness (QED) is 0.391. The largest absolute Gasteiger partial charge is 0.387 e. The molecule has 4 N–H and O–H groups in total. The van der Waals surface area contributed by atoms with Crippen molar-refractivity contribution >= 4 is 28.3 Å². The van der Waals surface area contributed by atoms with Crippen LogP contribution in [0.4, 0.5) is 5.69 Å². The number of H-pyrrole nitrogens is 2.